The van der Waals surface area contributed by atoms with Crippen LogP contribution in [0.1, 0.15) is 12.8 Å². The third-order valence-corrected chi connectivity index (χ3v) is 3.00. The van der Waals surface area contributed by atoms with E-state index in [2.05, 4.69) is 0 Å². The Morgan fingerprint density at radius 3 is 2.59 bits per heavy atom. The molecule has 0 saturated heterocycles. The van der Waals surface area contributed by atoms with E-state index in [-0.39, 0.29) is 12.5 Å². The highest BCUT2D eigenvalue weighted by Gasteiger charge is 2.36. The van der Waals surface area contributed by atoms with Crippen molar-refractivity contribution in [2.24, 2.45) is 11.8 Å². The van der Waals surface area contributed by atoms with Crippen LogP contribution >= 0.6 is 0 Å². The normalized spacial score (nSPS) is 16.3. The second-order valence-electron chi connectivity index (χ2n) is 4.24. The molecule has 0 aliphatic heterocycles. The van der Waals surface area contributed by atoms with Crippen LogP contribution in [0.2, 0.25) is 0 Å². The molecule has 0 heterocycles. The summed E-state index contributed by atoms with van der Waals surface area (Å²) in [4.78, 5) is 11.0. The summed E-state index contributed by atoms with van der Waals surface area (Å²) in [5, 5.41) is 9.08. The molecule has 0 bridgehead atoms. The Morgan fingerprint density at radius 2 is 2.06 bits per heavy atom. The fourth-order valence-corrected chi connectivity index (χ4v) is 1.83. The van der Waals surface area contributed by atoms with Gasteiger partial charge in [-0.15, -0.1) is 0 Å². The molecule has 0 spiro atoms. The van der Waals surface area contributed by atoms with Crippen LogP contribution in [0.5, 0.6) is 11.5 Å². The van der Waals surface area contributed by atoms with Gasteiger partial charge in [-0.1, -0.05) is 12.1 Å². The van der Waals surface area contributed by atoms with Crippen molar-refractivity contribution in [3.63, 3.8) is 0 Å². The summed E-state index contributed by atoms with van der Waals surface area (Å²) in [6.07, 6.45) is 1.98. The number of para-hydroxylation sites is 2. The number of benzene rings is 1. The summed E-state index contributed by atoms with van der Waals surface area (Å²) in [5.74, 6) is 0.332. The first-order valence-corrected chi connectivity index (χ1v) is 5.71. The summed E-state index contributed by atoms with van der Waals surface area (Å²) in [6.45, 7) is 0.209. The number of aliphatic carboxylic acids is 1. The molecule has 1 fully saturated rings. The number of ether oxygens (including phenoxy) is 2. The van der Waals surface area contributed by atoms with Crippen molar-refractivity contribution < 1.29 is 19.4 Å². The lowest BCUT2D eigenvalue weighted by atomic mass is 10.1. The maximum atomic E-state index is 11.0. The van der Waals surface area contributed by atoms with Crippen molar-refractivity contribution in [2.45, 2.75) is 12.8 Å². The second-order valence-corrected chi connectivity index (χ2v) is 4.24. The number of carboxylic acids is 1. The van der Waals surface area contributed by atoms with Gasteiger partial charge in [-0.2, -0.15) is 0 Å². The van der Waals surface area contributed by atoms with E-state index in [1.165, 1.54) is 0 Å². The Balaban J connectivity index is 1.98. The highest BCUT2D eigenvalue weighted by atomic mass is 16.5. The van der Waals surface area contributed by atoms with Gasteiger partial charge < -0.3 is 14.6 Å². The summed E-state index contributed by atoms with van der Waals surface area (Å²) in [7, 11) is 1.57. The molecule has 0 radical (unpaired) electrons. The van der Waals surface area contributed by atoms with E-state index in [9.17, 15) is 4.79 Å². The molecule has 1 aromatic rings. The van der Waals surface area contributed by atoms with Crippen molar-refractivity contribution in [3.05, 3.63) is 24.3 Å². The second kappa shape index (κ2) is 5.08. The van der Waals surface area contributed by atoms with Gasteiger partial charge in [0, 0.05) is 0 Å². The van der Waals surface area contributed by atoms with E-state index in [0.717, 1.165) is 12.8 Å². The Bertz CT molecular complexity index is 398. The van der Waals surface area contributed by atoms with Crippen molar-refractivity contribution in [1.29, 1.82) is 0 Å². The van der Waals surface area contributed by atoms with Gasteiger partial charge in [0.05, 0.1) is 13.0 Å². The van der Waals surface area contributed by atoms with E-state index in [1.54, 1.807) is 19.2 Å². The zero-order chi connectivity index (χ0) is 12.3. The Hall–Kier alpha value is -1.71. The summed E-state index contributed by atoms with van der Waals surface area (Å²) < 4.78 is 10.7. The quantitative estimate of drug-likeness (QED) is 0.822. The molecular formula is C13H16O4. The van der Waals surface area contributed by atoms with E-state index in [4.69, 9.17) is 14.6 Å². The Morgan fingerprint density at radius 1 is 1.41 bits per heavy atom. The van der Waals surface area contributed by atoms with Crippen LogP contribution in [0.25, 0.3) is 0 Å². The largest absolute Gasteiger partial charge is 0.493 e. The van der Waals surface area contributed by atoms with Crippen LogP contribution < -0.4 is 9.47 Å². The predicted octanol–water partition coefficient (Wildman–Crippen LogP) is 2.18. The number of carbonyl (C=O) groups is 1. The molecule has 1 N–H and O–H groups in total. The Kier molecular flexibility index (Phi) is 3.52. The third kappa shape index (κ3) is 2.90. The van der Waals surface area contributed by atoms with Gasteiger partial charge in [0.2, 0.25) is 0 Å². The molecule has 1 atom stereocenters. The van der Waals surface area contributed by atoms with Crippen LogP contribution in [0.4, 0.5) is 0 Å². The van der Waals surface area contributed by atoms with Crippen LogP contribution in [0.3, 0.4) is 0 Å². The minimum atomic E-state index is -0.776. The fraction of sp³-hybridized carbons (Fsp3) is 0.462. The summed E-state index contributed by atoms with van der Waals surface area (Å²) in [6, 6.07) is 7.26. The van der Waals surface area contributed by atoms with Crippen LogP contribution in [-0.4, -0.2) is 24.8 Å². The summed E-state index contributed by atoms with van der Waals surface area (Å²) in [5.41, 5.74) is 0. The van der Waals surface area contributed by atoms with E-state index in [0.29, 0.717) is 11.5 Å². The highest BCUT2D eigenvalue weighted by Crippen LogP contribution is 2.37. The molecule has 0 amide bonds. The molecular weight excluding hydrogens is 220 g/mol. The first-order chi connectivity index (χ1) is 8.22. The van der Waals surface area contributed by atoms with Gasteiger partial charge in [0.15, 0.2) is 11.5 Å². The highest BCUT2D eigenvalue weighted by molar-refractivity contribution is 5.71. The van der Waals surface area contributed by atoms with Crippen molar-refractivity contribution in [2.75, 3.05) is 13.7 Å². The fourth-order valence-electron chi connectivity index (χ4n) is 1.83. The zero-order valence-electron chi connectivity index (χ0n) is 9.76. The summed E-state index contributed by atoms with van der Waals surface area (Å²) >= 11 is 0. The van der Waals surface area contributed by atoms with Gasteiger partial charge in [-0.05, 0) is 30.9 Å². The maximum Gasteiger partial charge on any atom is 0.310 e. The van der Waals surface area contributed by atoms with E-state index >= 15 is 0 Å². The topological polar surface area (TPSA) is 55.8 Å². The SMILES string of the molecule is COc1ccccc1OCC(C(=O)O)C1CC1. The number of carboxylic acid groups (broad SMARTS) is 1. The molecule has 1 saturated carbocycles. The lowest BCUT2D eigenvalue weighted by Crippen LogP contribution is -2.23. The standard InChI is InChI=1S/C13H16O4/c1-16-11-4-2-3-5-12(11)17-8-10(13(14)15)9-6-7-9/h2-5,9-10H,6-8H2,1H3,(H,14,15). The molecule has 4 nitrogen and oxygen atoms in total. The number of hydrogen-bond donors (Lipinski definition) is 1. The third-order valence-electron chi connectivity index (χ3n) is 3.00. The first-order valence-electron chi connectivity index (χ1n) is 5.71. The number of methoxy groups -OCH3 is 1. The number of rotatable bonds is 6. The first kappa shape index (κ1) is 11.8. The van der Waals surface area contributed by atoms with Gasteiger partial charge in [-0.3, -0.25) is 4.79 Å². The molecule has 0 aromatic heterocycles. The van der Waals surface area contributed by atoms with Gasteiger partial charge in [-0.25, -0.2) is 0 Å². The lowest BCUT2D eigenvalue weighted by Gasteiger charge is -2.14. The van der Waals surface area contributed by atoms with Crippen molar-refractivity contribution in [1.82, 2.24) is 0 Å². The average molecular weight is 236 g/mol. The molecule has 4 heteroatoms. The molecule has 17 heavy (non-hydrogen) atoms. The van der Waals surface area contributed by atoms with Crippen molar-refractivity contribution >= 4 is 5.97 Å². The Labute approximate surface area is 100 Å². The van der Waals surface area contributed by atoms with E-state index in [1.807, 2.05) is 12.1 Å². The van der Waals surface area contributed by atoms with Crippen molar-refractivity contribution in [3.8, 4) is 11.5 Å². The van der Waals surface area contributed by atoms with Gasteiger partial charge in [0.25, 0.3) is 0 Å². The van der Waals surface area contributed by atoms with E-state index < -0.39 is 11.9 Å². The molecule has 1 aromatic carbocycles. The molecule has 1 aliphatic rings. The smallest absolute Gasteiger partial charge is 0.310 e. The monoisotopic (exact) mass is 236 g/mol. The molecule has 92 valence electrons. The minimum Gasteiger partial charge on any atom is -0.493 e. The van der Waals surface area contributed by atoms with Crippen LogP contribution in [0, 0.1) is 11.8 Å². The van der Waals surface area contributed by atoms with Crippen LogP contribution in [-0.2, 0) is 4.79 Å². The molecule has 1 unspecified atom stereocenters. The van der Waals surface area contributed by atoms with Gasteiger partial charge >= 0.3 is 5.97 Å². The van der Waals surface area contributed by atoms with Gasteiger partial charge in [0.1, 0.15) is 6.61 Å². The minimum absolute atomic E-state index is 0.209. The van der Waals surface area contributed by atoms with Crippen LogP contribution in [0.15, 0.2) is 24.3 Å². The lowest BCUT2D eigenvalue weighted by molar-refractivity contribution is -0.143. The predicted molar refractivity (Wildman–Crippen MR) is 62.3 cm³/mol. The zero-order valence-corrected chi connectivity index (χ0v) is 9.76. The molecule has 2 rings (SSSR count). The molecule has 1 aliphatic carbocycles. The number of hydrogen-bond acceptors (Lipinski definition) is 3. The maximum absolute atomic E-state index is 11.0. The average Bonchev–Trinajstić information content (AvgIpc) is 3.14.